The minimum atomic E-state index is -0.0527. The summed E-state index contributed by atoms with van der Waals surface area (Å²) in [7, 11) is 0. The third kappa shape index (κ3) is 3.55. The molecule has 0 aromatic heterocycles. The van der Waals surface area contributed by atoms with Crippen molar-refractivity contribution in [3.63, 3.8) is 0 Å². The third-order valence-corrected chi connectivity index (χ3v) is 2.42. The molecular formula is C12H18N2O2. The number of carbonyl (C=O) groups excluding carboxylic acids is 1. The predicted molar refractivity (Wildman–Crippen MR) is 64.3 cm³/mol. The van der Waals surface area contributed by atoms with Gasteiger partial charge < -0.3 is 16.2 Å². The van der Waals surface area contributed by atoms with Gasteiger partial charge in [0, 0.05) is 12.1 Å². The first-order valence-electron chi connectivity index (χ1n) is 5.32. The maximum Gasteiger partial charge on any atom is 0.224 e. The van der Waals surface area contributed by atoms with Crippen LogP contribution < -0.4 is 11.1 Å². The maximum atomic E-state index is 11.5. The summed E-state index contributed by atoms with van der Waals surface area (Å²) in [5, 5.41) is 12.1. The molecule has 0 fully saturated rings. The maximum absolute atomic E-state index is 11.5. The number of aromatic hydroxyl groups is 1. The highest BCUT2D eigenvalue weighted by molar-refractivity contribution is 5.91. The number of hydrogen-bond acceptors (Lipinski definition) is 3. The van der Waals surface area contributed by atoms with Gasteiger partial charge >= 0.3 is 0 Å². The van der Waals surface area contributed by atoms with Crippen molar-refractivity contribution in [1.29, 1.82) is 0 Å². The Balaban J connectivity index is 2.59. The topological polar surface area (TPSA) is 75.4 Å². The number of nitrogens with two attached hydrogens (primary N) is 1. The van der Waals surface area contributed by atoms with Gasteiger partial charge in [-0.25, -0.2) is 0 Å². The molecule has 1 amide bonds. The molecule has 0 bridgehead atoms. The monoisotopic (exact) mass is 222 g/mol. The number of rotatable bonds is 4. The van der Waals surface area contributed by atoms with Crippen LogP contribution in [0.15, 0.2) is 18.2 Å². The van der Waals surface area contributed by atoms with Crippen molar-refractivity contribution < 1.29 is 9.90 Å². The first kappa shape index (κ1) is 12.5. The standard InChI is InChI=1S/C12H18N2O2/c1-8(7-13)5-12(16)14-10-3-4-11(15)9(2)6-10/h3-4,6,8,15H,5,7,13H2,1-2H3,(H,14,16). The zero-order valence-corrected chi connectivity index (χ0v) is 9.66. The fourth-order valence-electron chi connectivity index (χ4n) is 1.35. The normalized spacial score (nSPS) is 12.2. The van der Waals surface area contributed by atoms with Crippen LogP contribution in [0.3, 0.4) is 0 Å². The molecule has 1 aromatic carbocycles. The van der Waals surface area contributed by atoms with E-state index in [0.717, 1.165) is 5.56 Å². The number of anilines is 1. The van der Waals surface area contributed by atoms with Crippen LogP contribution in [0.2, 0.25) is 0 Å². The van der Waals surface area contributed by atoms with Gasteiger partial charge in [0.15, 0.2) is 0 Å². The minimum absolute atomic E-state index is 0.0527. The molecule has 16 heavy (non-hydrogen) atoms. The fourth-order valence-corrected chi connectivity index (χ4v) is 1.35. The van der Waals surface area contributed by atoms with Gasteiger partial charge in [-0.05, 0) is 43.1 Å². The van der Waals surface area contributed by atoms with Crippen LogP contribution in [0.25, 0.3) is 0 Å². The molecule has 1 atom stereocenters. The lowest BCUT2D eigenvalue weighted by Crippen LogP contribution is -2.20. The van der Waals surface area contributed by atoms with Crippen LogP contribution in [0.4, 0.5) is 5.69 Å². The van der Waals surface area contributed by atoms with E-state index in [-0.39, 0.29) is 17.6 Å². The molecule has 1 rings (SSSR count). The van der Waals surface area contributed by atoms with Gasteiger partial charge in [0.05, 0.1) is 0 Å². The van der Waals surface area contributed by atoms with E-state index in [2.05, 4.69) is 5.32 Å². The van der Waals surface area contributed by atoms with Gasteiger partial charge in [0.1, 0.15) is 5.75 Å². The van der Waals surface area contributed by atoms with Gasteiger partial charge in [-0.1, -0.05) is 6.92 Å². The molecule has 4 heteroatoms. The third-order valence-electron chi connectivity index (χ3n) is 2.42. The molecule has 0 aliphatic carbocycles. The van der Waals surface area contributed by atoms with Gasteiger partial charge in [-0.3, -0.25) is 4.79 Å². The second-order valence-corrected chi connectivity index (χ2v) is 4.09. The van der Waals surface area contributed by atoms with Gasteiger partial charge in [0.25, 0.3) is 0 Å². The summed E-state index contributed by atoms with van der Waals surface area (Å²) in [6.07, 6.45) is 0.413. The Labute approximate surface area is 95.5 Å². The summed E-state index contributed by atoms with van der Waals surface area (Å²) in [6, 6.07) is 4.98. The number of carbonyl (C=O) groups is 1. The predicted octanol–water partition coefficient (Wildman–Crippen LogP) is 1.62. The highest BCUT2D eigenvalue weighted by atomic mass is 16.3. The first-order chi connectivity index (χ1) is 7.52. The number of hydrogen-bond donors (Lipinski definition) is 3. The lowest BCUT2D eigenvalue weighted by atomic mass is 10.1. The number of amides is 1. The second-order valence-electron chi connectivity index (χ2n) is 4.09. The number of aryl methyl sites for hydroxylation is 1. The van der Waals surface area contributed by atoms with Crippen molar-refractivity contribution in [2.45, 2.75) is 20.3 Å². The van der Waals surface area contributed by atoms with Crippen molar-refractivity contribution >= 4 is 11.6 Å². The highest BCUT2D eigenvalue weighted by Gasteiger charge is 2.08. The van der Waals surface area contributed by atoms with E-state index in [1.54, 1.807) is 25.1 Å². The SMILES string of the molecule is Cc1cc(NC(=O)CC(C)CN)ccc1O. The zero-order valence-electron chi connectivity index (χ0n) is 9.66. The lowest BCUT2D eigenvalue weighted by molar-refractivity contribution is -0.116. The Bertz CT molecular complexity index is 377. The molecular weight excluding hydrogens is 204 g/mol. The smallest absolute Gasteiger partial charge is 0.224 e. The second kappa shape index (κ2) is 5.51. The van der Waals surface area contributed by atoms with Gasteiger partial charge in [-0.2, -0.15) is 0 Å². The summed E-state index contributed by atoms with van der Waals surface area (Å²) in [4.78, 5) is 11.5. The molecule has 0 spiro atoms. The fraction of sp³-hybridized carbons (Fsp3) is 0.417. The Hall–Kier alpha value is -1.55. The lowest BCUT2D eigenvalue weighted by Gasteiger charge is -2.10. The summed E-state index contributed by atoms with van der Waals surface area (Å²) >= 11 is 0. The molecule has 0 saturated carbocycles. The molecule has 0 saturated heterocycles. The molecule has 0 heterocycles. The van der Waals surface area contributed by atoms with E-state index in [1.165, 1.54) is 0 Å². The summed E-state index contributed by atoms with van der Waals surface area (Å²) in [5.74, 6) is 0.356. The Morgan fingerprint density at radius 2 is 2.25 bits per heavy atom. The van der Waals surface area contributed by atoms with E-state index >= 15 is 0 Å². The molecule has 0 aliphatic heterocycles. The van der Waals surface area contributed by atoms with Crippen molar-refractivity contribution in [2.75, 3.05) is 11.9 Å². The Kier molecular flexibility index (Phi) is 4.31. The summed E-state index contributed by atoms with van der Waals surface area (Å²) in [6.45, 7) is 4.22. The molecule has 1 unspecified atom stereocenters. The van der Waals surface area contributed by atoms with Crippen molar-refractivity contribution in [2.24, 2.45) is 11.7 Å². The summed E-state index contributed by atoms with van der Waals surface area (Å²) < 4.78 is 0. The molecule has 0 aliphatic rings. The Morgan fingerprint density at radius 1 is 1.56 bits per heavy atom. The molecule has 88 valence electrons. The van der Waals surface area contributed by atoms with Crippen LogP contribution in [0, 0.1) is 12.8 Å². The van der Waals surface area contributed by atoms with Crippen LogP contribution in [0.1, 0.15) is 18.9 Å². The van der Waals surface area contributed by atoms with E-state index in [1.807, 2.05) is 6.92 Å². The number of phenols is 1. The summed E-state index contributed by atoms with van der Waals surface area (Å²) in [5.41, 5.74) is 6.88. The van der Waals surface area contributed by atoms with E-state index in [4.69, 9.17) is 5.73 Å². The van der Waals surface area contributed by atoms with Crippen LogP contribution in [-0.4, -0.2) is 17.6 Å². The number of benzene rings is 1. The van der Waals surface area contributed by atoms with Crippen molar-refractivity contribution in [3.8, 4) is 5.75 Å². The average molecular weight is 222 g/mol. The van der Waals surface area contributed by atoms with Crippen LogP contribution >= 0.6 is 0 Å². The molecule has 0 radical (unpaired) electrons. The highest BCUT2D eigenvalue weighted by Crippen LogP contribution is 2.20. The van der Waals surface area contributed by atoms with E-state index < -0.39 is 0 Å². The first-order valence-corrected chi connectivity index (χ1v) is 5.32. The molecule has 1 aromatic rings. The van der Waals surface area contributed by atoms with Crippen LogP contribution in [0.5, 0.6) is 5.75 Å². The van der Waals surface area contributed by atoms with Crippen LogP contribution in [-0.2, 0) is 4.79 Å². The number of phenolic OH excluding ortho intramolecular Hbond substituents is 1. The van der Waals surface area contributed by atoms with Crippen molar-refractivity contribution in [1.82, 2.24) is 0 Å². The largest absolute Gasteiger partial charge is 0.508 e. The van der Waals surface area contributed by atoms with Gasteiger partial charge in [0.2, 0.25) is 5.91 Å². The zero-order chi connectivity index (χ0) is 12.1. The molecule has 4 nitrogen and oxygen atoms in total. The molecule has 4 N–H and O–H groups in total. The van der Waals surface area contributed by atoms with E-state index in [9.17, 15) is 9.90 Å². The van der Waals surface area contributed by atoms with E-state index in [0.29, 0.717) is 18.7 Å². The quantitative estimate of drug-likeness (QED) is 0.678. The number of nitrogens with one attached hydrogen (secondary N) is 1. The Morgan fingerprint density at radius 3 is 2.81 bits per heavy atom. The van der Waals surface area contributed by atoms with Gasteiger partial charge in [-0.15, -0.1) is 0 Å². The average Bonchev–Trinajstić information content (AvgIpc) is 2.23. The van der Waals surface area contributed by atoms with Crippen molar-refractivity contribution in [3.05, 3.63) is 23.8 Å². The minimum Gasteiger partial charge on any atom is -0.508 e.